The Morgan fingerprint density at radius 2 is 1.84 bits per heavy atom. The Hall–Kier alpha value is -2.67. The highest BCUT2D eigenvalue weighted by Crippen LogP contribution is 2.32. The van der Waals surface area contributed by atoms with E-state index in [9.17, 15) is 22.8 Å². The molecule has 0 saturated heterocycles. The van der Waals surface area contributed by atoms with Crippen LogP contribution in [0.3, 0.4) is 0 Å². The van der Waals surface area contributed by atoms with Gasteiger partial charge in [0, 0.05) is 12.6 Å². The largest absolute Gasteiger partial charge is 0.416 e. The number of para-hydroxylation sites is 1. The normalized spacial score (nSPS) is 11.7. The monoisotopic (exact) mass is 366 g/mol. The zero-order valence-electron chi connectivity index (χ0n) is 12.8. The summed E-state index contributed by atoms with van der Waals surface area (Å²) < 4.78 is 39.9. The van der Waals surface area contributed by atoms with Crippen LogP contribution >= 0.6 is 11.6 Å². The highest BCUT2D eigenvalue weighted by molar-refractivity contribution is 6.68. The van der Waals surface area contributed by atoms with E-state index in [0.717, 1.165) is 16.7 Å². The number of fused-ring (bicyclic) bond motifs is 1. The van der Waals surface area contributed by atoms with Gasteiger partial charge in [-0.25, -0.2) is 4.98 Å². The maximum absolute atomic E-state index is 12.9. The molecule has 0 bridgehead atoms. The van der Waals surface area contributed by atoms with E-state index < -0.39 is 22.5 Å². The maximum Gasteiger partial charge on any atom is 0.416 e. The fourth-order valence-electron chi connectivity index (χ4n) is 2.55. The van der Waals surface area contributed by atoms with Crippen LogP contribution in [0.4, 0.5) is 13.2 Å². The van der Waals surface area contributed by atoms with Crippen LogP contribution in [0.15, 0.2) is 47.3 Å². The van der Waals surface area contributed by atoms with Gasteiger partial charge in [-0.05, 0) is 35.9 Å². The van der Waals surface area contributed by atoms with Crippen molar-refractivity contribution >= 4 is 27.7 Å². The third kappa shape index (κ3) is 3.02. The van der Waals surface area contributed by atoms with E-state index in [0.29, 0.717) is 0 Å². The van der Waals surface area contributed by atoms with E-state index >= 15 is 0 Å². The van der Waals surface area contributed by atoms with Crippen LogP contribution in [0.5, 0.6) is 0 Å². The molecule has 0 saturated carbocycles. The predicted octanol–water partition coefficient (Wildman–Crippen LogP) is 4.00. The lowest BCUT2D eigenvalue weighted by atomic mass is 10.1. The molecule has 3 aromatic rings. The van der Waals surface area contributed by atoms with Gasteiger partial charge < -0.3 is 0 Å². The van der Waals surface area contributed by atoms with Gasteiger partial charge in [-0.2, -0.15) is 13.2 Å². The van der Waals surface area contributed by atoms with E-state index in [2.05, 4.69) is 4.98 Å². The minimum atomic E-state index is -4.52. The molecule has 128 valence electrons. The van der Waals surface area contributed by atoms with E-state index in [-0.39, 0.29) is 27.9 Å². The second kappa shape index (κ2) is 6.00. The van der Waals surface area contributed by atoms with Crippen LogP contribution in [0.2, 0.25) is 0 Å². The molecule has 0 unspecified atom stereocenters. The summed E-state index contributed by atoms with van der Waals surface area (Å²) in [7, 11) is 1.40. The zero-order chi connectivity index (χ0) is 18.4. The van der Waals surface area contributed by atoms with Crippen LogP contribution in [-0.4, -0.2) is 14.8 Å². The van der Waals surface area contributed by atoms with Crippen molar-refractivity contribution in [3.8, 4) is 11.4 Å². The molecule has 25 heavy (non-hydrogen) atoms. The number of halogens is 4. The third-order valence-electron chi connectivity index (χ3n) is 3.77. The Morgan fingerprint density at radius 3 is 2.48 bits per heavy atom. The molecule has 0 spiro atoms. The fourth-order valence-corrected chi connectivity index (χ4v) is 2.70. The second-order valence-electron chi connectivity index (χ2n) is 5.35. The molecule has 0 N–H and O–H groups in total. The molecule has 0 atom stereocenters. The summed E-state index contributed by atoms with van der Waals surface area (Å²) in [6.45, 7) is 0. The quantitative estimate of drug-likeness (QED) is 0.644. The summed E-state index contributed by atoms with van der Waals surface area (Å²) in [6.07, 6.45) is -4.52. The van der Waals surface area contributed by atoms with Crippen molar-refractivity contribution < 1.29 is 18.0 Å². The number of carbonyl (C=O) groups is 1. The van der Waals surface area contributed by atoms with Crippen molar-refractivity contribution in [3.63, 3.8) is 0 Å². The first-order valence-corrected chi connectivity index (χ1v) is 7.45. The first-order valence-electron chi connectivity index (χ1n) is 7.07. The predicted molar refractivity (Wildman–Crippen MR) is 87.6 cm³/mol. The van der Waals surface area contributed by atoms with E-state index in [1.165, 1.54) is 37.4 Å². The summed E-state index contributed by atoms with van der Waals surface area (Å²) in [4.78, 5) is 28.3. The molecule has 0 aliphatic rings. The van der Waals surface area contributed by atoms with Gasteiger partial charge in [0.2, 0.25) is 0 Å². The molecule has 8 heteroatoms. The standard InChI is InChI=1S/C17H10ClF3N2O2/c1-23-15(9-4-2-5-10(8-9)17(19,20)21)22-13-11(14(18)24)6-3-7-12(13)16(23)25/h2-8H,1H3. The van der Waals surface area contributed by atoms with Crippen LogP contribution in [0.25, 0.3) is 22.3 Å². The summed E-state index contributed by atoms with van der Waals surface area (Å²) in [5.41, 5.74) is -1.17. The van der Waals surface area contributed by atoms with Gasteiger partial charge in [-0.15, -0.1) is 0 Å². The minimum Gasteiger partial charge on any atom is -0.295 e. The van der Waals surface area contributed by atoms with E-state index in [1.54, 1.807) is 0 Å². The van der Waals surface area contributed by atoms with Gasteiger partial charge in [0.1, 0.15) is 5.82 Å². The number of rotatable bonds is 2. The van der Waals surface area contributed by atoms with Crippen LogP contribution in [-0.2, 0) is 13.2 Å². The smallest absolute Gasteiger partial charge is 0.295 e. The van der Waals surface area contributed by atoms with Gasteiger partial charge in [0.25, 0.3) is 10.8 Å². The zero-order valence-corrected chi connectivity index (χ0v) is 13.5. The van der Waals surface area contributed by atoms with Crippen molar-refractivity contribution in [2.45, 2.75) is 6.18 Å². The fraction of sp³-hybridized carbons (Fsp3) is 0.118. The van der Waals surface area contributed by atoms with Crippen molar-refractivity contribution in [2.24, 2.45) is 7.05 Å². The maximum atomic E-state index is 12.9. The molecule has 3 rings (SSSR count). The number of hydrogen-bond acceptors (Lipinski definition) is 3. The third-order valence-corrected chi connectivity index (χ3v) is 3.97. The Labute approximate surface area is 144 Å². The van der Waals surface area contributed by atoms with Gasteiger partial charge in [0.05, 0.1) is 22.0 Å². The van der Waals surface area contributed by atoms with Crippen LogP contribution < -0.4 is 5.56 Å². The van der Waals surface area contributed by atoms with Crippen LogP contribution in [0.1, 0.15) is 15.9 Å². The summed E-state index contributed by atoms with van der Waals surface area (Å²) in [5.74, 6) is 0.00830. The van der Waals surface area contributed by atoms with Gasteiger partial charge in [0.15, 0.2) is 0 Å². The first kappa shape index (κ1) is 17.2. The van der Waals surface area contributed by atoms with E-state index in [1.807, 2.05) is 0 Å². The summed E-state index contributed by atoms with van der Waals surface area (Å²) in [5, 5.41) is -0.647. The molecule has 2 aromatic carbocycles. The van der Waals surface area contributed by atoms with Gasteiger partial charge in [-0.1, -0.05) is 18.2 Å². The molecular formula is C17H10ClF3N2O2. The average molecular weight is 367 g/mol. The molecule has 0 amide bonds. The number of carbonyl (C=O) groups excluding carboxylic acids is 1. The lowest BCUT2D eigenvalue weighted by molar-refractivity contribution is -0.137. The summed E-state index contributed by atoms with van der Waals surface area (Å²) >= 11 is 5.52. The molecule has 0 aliphatic carbocycles. The van der Waals surface area contributed by atoms with Crippen molar-refractivity contribution in [2.75, 3.05) is 0 Å². The molecule has 4 nitrogen and oxygen atoms in total. The second-order valence-corrected chi connectivity index (χ2v) is 5.70. The number of aromatic nitrogens is 2. The Kier molecular flexibility index (Phi) is 4.12. The Bertz CT molecular complexity index is 1060. The van der Waals surface area contributed by atoms with Gasteiger partial charge in [-0.3, -0.25) is 14.2 Å². The Balaban J connectivity index is 2.35. The molecule has 1 heterocycles. The average Bonchev–Trinajstić information content (AvgIpc) is 2.56. The van der Waals surface area contributed by atoms with E-state index in [4.69, 9.17) is 11.6 Å². The van der Waals surface area contributed by atoms with Crippen molar-refractivity contribution in [1.29, 1.82) is 0 Å². The van der Waals surface area contributed by atoms with Crippen molar-refractivity contribution in [1.82, 2.24) is 9.55 Å². The number of hydrogen-bond donors (Lipinski definition) is 0. The highest BCUT2D eigenvalue weighted by atomic mass is 35.5. The molecule has 0 radical (unpaired) electrons. The van der Waals surface area contributed by atoms with Gasteiger partial charge >= 0.3 is 6.18 Å². The number of benzene rings is 2. The highest BCUT2D eigenvalue weighted by Gasteiger charge is 2.30. The molecule has 0 aliphatic heterocycles. The minimum absolute atomic E-state index is 0.00830. The molecule has 1 aromatic heterocycles. The summed E-state index contributed by atoms with van der Waals surface area (Å²) in [6, 6.07) is 8.84. The lowest BCUT2D eigenvalue weighted by Crippen LogP contribution is -2.21. The number of alkyl halides is 3. The number of nitrogens with zero attached hydrogens (tertiary/aromatic N) is 2. The van der Waals surface area contributed by atoms with Crippen molar-refractivity contribution in [3.05, 3.63) is 63.9 Å². The Morgan fingerprint density at radius 1 is 1.16 bits per heavy atom. The molecular weight excluding hydrogens is 357 g/mol. The van der Waals surface area contributed by atoms with Crippen LogP contribution in [0, 0.1) is 0 Å². The first-order chi connectivity index (χ1) is 11.7. The topological polar surface area (TPSA) is 52.0 Å². The SMILES string of the molecule is Cn1c(-c2cccc(C(F)(F)F)c2)nc2c(C(=O)Cl)cccc2c1=O. The molecule has 0 fully saturated rings. The lowest BCUT2D eigenvalue weighted by Gasteiger charge is -2.12.